The minimum absolute atomic E-state index is 0.0694. The molecule has 0 amide bonds. The highest BCUT2D eigenvalue weighted by Crippen LogP contribution is 1.60. The van der Waals surface area contributed by atoms with Gasteiger partial charge in [-0.25, -0.2) is 5.21 Å². The van der Waals surface area contributed by atoms with Crippen LogP contribution in [0.4, 0.5) is 0 Å². The fourth-order valence-corrected chi connectivity index (χ4v) is 0.163. The van der Waals surface area contributed by atoms with E-state index in [0.717, 1.165) is 6.20 Å². The van der Waals surface area contributed by atoms with Crippen LogP contribution < -0.4 is 5.02 Å². The standard InChI is InChI=1S/C2HN2O2/c5-4-3-1-2-6-4/h1H. The van der Waals surface area contributed by atoms with Crippen molar-refractivity contribution in [2.75, 3.05) is 0 Å². The lowest BCUT2D eigenvalue weighted by molar-refractivity contribution is -0.841. The second-order valence-electron chi connectivity index (χ2n) is 0.692. The Kier molecular flexibility index (Phi) is 0.506. The lowest BCUT2D eigenvalue weighted by atomic mass is 11.0. The molecule has 1 heterocycles. The van der Waals surface area contributed by atoms with Crippen LogP contribution in [-0.2, 0) is 0 Å². The van der Waals surface area contributed by atoms with E-state index in [1.54, 1.807) is 0 Å². The van der Waals surface area contributed by atoms with Crippen molar-refractivity contribution in [1.82, 2.24) is 5.10 Å². The summed E-state index contributed by atoms with van der Waals surface area (Å²) in [5.74, 6) is 0. The number of nitrogens with zero attached hydrogens (tertiary/aromatic N) is 2. The van der Waals surface area contributed by atoms with Gasteiger partial charge in [0.2, 0.25) is 0 Å². The first kappa shape index (κ1) is 3.14. The summed E-state index contributed by atoms with van der Waals surface area (Å²) in [5.41, 5.74) is 0. The van der Waals surface area contributed by atoms with E-state index < -0.39 is 0 Å². The van der Waals surface area contributed by atoms with E-state index in [4.69, 9.17) is 0 Å². The molecular weight excluding hydrogens is 84.0 g/mol. The molecule has 0 bridgehead atoms. The molecule has 6 heavy (non-hydrogen) atoms. The molecule has 1 aromatic rings. The second-order valence-corrected chi connectivity index (χ2v) is 0.692. The summed E-state index contributed by atoms with van der Waals surface area (Å²) < 4.78 is 3.96. The topological polar surface area (TPSA) is 53.0 Å². The van der Waals surface area contributed by atoms with Crippen molar-refractivity contribution in [1.29, 1.82) is 0 Å². The van der Waals surface area contributed by atoms with Gasteiger partial charge in [0.25, 0.3) is 0 Å². The average Bonchev–Trinajstić information content (AvgIpc) is 1.86. The van der Waals surface area contributed by atoms with E-state index in [1.807, 2.05) is 0 Å². The summed E-state index contributed by atoms with van der Waals surface area (Å²) >= 11 is 0. The number of rotatable bonds is 0. The average molecular weight is 85.0 g/mol. The number of hydrogen-bond acceptors (Lipinski definition) is 3. The first-order chi connectivity index (χ1) is 2.89. The molecule has 0 aliphatic carbocycles. The number of aromatic nitrogens is 2. The van der Waals surface area contributed by atoms with Gasteiger partial charge in [0.05, 0.1) is 5.10 Å². The monoisotopic (exact) mass is 85.0 g/mol. The van der Waals surface area contributed by atoms with Crippen LogP contribution in [0.5, 0.6) is 0 Å². The van der Waals surface area contributed by atoms with E-state index in [-0.39, 0.29) is 5.02 Å². The zero-order valence-corrected chi connectivity index (χ0v) is 2.79. The third-order valence-corrected chi connectivity index (χ3v) is 0.336. The highest BCUT2D eigenvalue weighted by molar-refractivity contribution is 4.42. The molecule has 0 aliphatic heterocycles. The van der Waals surface area contributed by atoms with Crippen LogP contribution in [-0.4, -0.2) is 5.10 Å². The molecule has 0 atom stereocenters. The molecule has 4 heteroatoms. The molecule has 0 saturated carbocycles. The van der Waals surface area contributed by atoms with Gasteiger partial charge in [-0.3, -0.25) is 0 Å². The van der Waals surface area contributed by atoms with Crippen molar-refractivity contribution in [2.45, 2.75) is 0 Å². The smallest absolute Gasteiger partial charge is 0.178 e. The van der Waals surface area contributed by atoms with Crippen LogP contribution in [0.3, 0.4) is 0 Å². The third-order valence-electron chi connectivity index (χ3n) is 0.336. The summed E-state index contributed by atoms with van der Waals surface area (Å²) in [6.07, 6.45) is 3.24. The summed E-state index contributed by atoms with van der Waals surface area (Å²) in [6, 6.07) is 0. The van der Waals surface area contributed by atoms with Crippen molar-refractivity contribution in [2.24, 2.45) is 0 Å². The first-order valence-electron chi connectivity index (χ1n) is 1.32. The van der Waals surface area contributed by atoms with Gasteiger partial charge in [-0.05, 0) is 0 Å². The summed E-state index contributed by atoms with van der Waals surface area (Å²) in [7, 11) is 0. The van der Waals surface area contributed by atoms with Crippen LogP contribution in [0.25, 0.3) is 0 Å². The Bertz CT molecular complexity index is 113. The minimum Gasteiger partial charge on any atom is -0.341 e. The fourth-order valence-electron chi connectivity index (χ4n) is 0.163. The molecule has 0 spiro atoms. The zero-order chi connectivity index (χ0) is 4.41. The molecule has 1 rings (SSSR count). The van der Waals surface area contributed by atoms with Gasteiger partial charge in [0.15, 0.2) is 5.02 Å². The van der Waals surface area contributed by atoms with E-state index >= 15 is 0 Å². The summed E-state index contributed by atoms with van der Waals surface area (Å²) in [5, 5.41) is 12.8. The quantitative estimate of drug-likeness (QED) is 0.384. The van der Waals surface area contributed by atoms with Crippen LogP contribution in [0.15, 0.2) is 10.7 Å². The van der Waals surface area contributed by atoms with Crippen molar-refractivity contribution in [3.8, 4) is 0 Å². The van der Waals surface area contributed by atoms with E-state index in [2.05, 4.69) is 15.9 Å². The lowest BCUT2D eigenvalue weighted by Gasteiger charge is -1.64. The molecule has 0 aliphatic rings. The third kappa shape index (κ3) is 0.314. The van der Waals surface area contributed by atoms with Crippen molar-refractivity contribution < 1.29 is 9.54 Å². The summed E-state index contributed by atoms with van der Waals surface area (Å²) in [4.78, 5) is 0. The molecule has 1 aromatic heterocycles. The van der Waals surface area contributed by atoms with Crippen LogP contribution in [0.1, 0.15) is 0 Å². The van der Waals surface area contributed by atoms with Gasteiger partial charge in [-0.1, -0.05) is 0 Å². The normalized spacial score (nSPS) is 8.67. The second kappa shape index (κ2) is 0.965. The van der Waals surface area contributed by atoms with Gasteiger partial charge in [0.1, 0.15) is 12.5 Å². The Morgan fingerprint density at radius 1 is 2.00 bits per heavy atom. The Hall–Kier alpha value is -1.06. The van der Waals surface area contributed by atoms with E-state index in [1.165, 1.54) is 0 Å². The van der Waals surface area contributed by atoms with E-state index in [0.29, 0.717) is 0 Å². The van der Waals surface area contributed by atoms with Gasteiger partial charge in [0, 0.05) is 0 Å². The minimum atomic E-state index is 0.0694. The van der Waals surface area contributed by atoms with Crippen LogP contribution in [0, 0.1) is 11.5 Å². The van der Waals surface area contributed by atoms with Gasteiger partial charge < -0.3 is 4.52 Å². The maximum absolute atomic E-state index is 9.68. The number of hydrogen-bond donors (Lipinski definition) is 0. The molecular formula is C2HN2O2. The highest BCUT2D eigenvalue weighted by atomic mass is 16.7. The molecule has 31 valence electrons. The molecule has 1 radical (unpaired) electrons. The Morgan fingerprint density at radius 2 is 2.83 bits per heavy atom. The molecule has 4 nitrogen and oxygen atoms in total. The predicted octanol–water partition coefficient (Wildman–Crippen LogP) is -0.892. The summed E-state index contributed by atoms with van der Waals surface area (Å²) in [6.45, 7) is 0. The Labute approximate surface area is 33.5 Å². The van der Waals surface area contributed by atoms with Crippen molar-refractivity contribution in [3.05, 3.63) is 17.7 Å². The molecule has 0 saturated heterocycles. The Balaban J connectivity index is 3.05. The van der Waals surface area contributed by atoms with Gasteiger partial charge in [-0.2, -0.15) is 0 Å². The Morgan fingerprint density at radius 3 is 3.00 bits per heavy atom. The zero-order valence-electron chi connectivity index (χ0n) is 2.79. The van der Waals surface area contributed by atoms with Crippen LogP contribution in [0.2, 0.25) is 0 Å². The maximum atomic E-state index is 9.68. The van der Waals surface area contributed by atoms with Crippen molar-refractivity contribution in [3.63, 3.8) is 0 Å². The molecule has 0 unspecified atom stereocenters. The largest absolute Gasteiger partial charge is 0.341 e. The maximum Gasteiger partial charge on any atom is 0.178 e. The fraction of sp³-hybridized carbons (Fsp3) is 0. The highest BCUT2D eigenvalue weighted by Gasteiger charge is 1.81. The van der Waals surface area contributed by atoms with Gasteiger partial charge >= 0.3 is 0 Å². The van der Waals surface area contributed by atoms with Gasteiger partial charge in [-0.15, -0.1) is 0 Å². The molecule has 0 fully saturated rings. The lowest BCUT2D eigenvalue weighted by Crippen LogP contribution is -2.25. The van der Waals surface area contributed by atoms with Crippen molar-refractivity contribution >= 4 is 0 Å². The first-order valence-corrected chi connectivity index (χ1v) is 1.32. The molecule has 0 aromatic carbocycles. The van der Waals surface area contributed by atoms with Crippen LogP contribution >= 0.6 is 0 Å². The SMILES string of the molecule is [O-][n+]1nc[c]o1. The van der Waals surface area contributed by atoms with E-state index in [9.17, 15) is 5.21 Å². The molecule has 0 N–H and O–H groups in total. The predicted molar refractivity (Wildman–Crippen MR) is 14.3 cm³/mol.